The first kappa shape index (κ1) is 11.7. The Kier molecular flexibility index (Phi) is 2.71. The Hall–Kier alpha value is -2.35. The Morgan fingerprint density at radius 1 is 1.21 bits per heavy atom. The third-order valence-electron chi connectivity index (χ3n) is 2.67. The van der Waals surface area contributed by atoms with Gasteiger partial charge in [0.2, 0.25) is 4.96 Å². The van der Waals surface area contributed by atoms with Gasteiger partial charge in [-0.2, -0.15) is 9.61 Å². The van der Waals surface area contributed by atoms with E-state index in [1.165, 1.54) is 11.3 Å². The maximum atomic E-state index is 6.03. The van der Waals surface area contributed by atoms with Crippen LogP contribution < -0.4 is 15.2 Å². The van der Waals surface area contributed by atoms with Crippen molar-refractivity contribution in [2.75, 3.05) is 20.0 Å². The lowest BCUT2D eigenvalue weighted by Gasteiger charge is -2.10. The first-order chi connectivity index (χ1) is 9.22. The Morgan fingerprint density at radius 3 is 2.63 bits per heavy atom. The molecule has 2 heterocycles. The lowest BCUT2D eigenvalue weighted by atomic mass is 10.1. The number of nitrogens with zero attached hydrogens (tertiary/aromatic N) is 4. The Morgan fingerprint density at radius 2 is 1.95 bits per heavy atom. The summed E-state index contributed by atoms with van der Waals surface area (Å²) < 4.78 is 12.1. The summed E-state index contributed by atoms with van der Waals surface area (Å²) in [6.45, 7) is 0. The highest BCUT2D eigenvalue weighted by atomic mass is 32.1. The molecular weight excluding hydrogens is 266 g/mol. The van der Waals surface area contributed by atoms with E-state index < -0.39 is 0 Å². The molecule has 0 saturated heterocycles. The van der Waals surface area contributed by atoms with Gasteiger partial charge in [0.1, 0.15) is 11.3 Å². The van der Waals surface area contributed by atoms with Crippen LogP contribution in [0, 0.1) is 0 Å². The summed E-state index contributed by atoms with van der Waals surface area (Å²) in [5, 5.41) is 12.8. The van der Waals surface area contributed by atoms with E-state index in [2.05, 4.69) is 15.3 Å². The fourth-order valence-electron chi connectivity index (χ4n) is 1.75. The summed E-state index contributed by atoms with van der Waals surface area (Å²) in [4.78, 5) is 0.712. The van der Waals surface area contributed by atoms with E-state index in [0.29, 0.717) is 22.1 Å². The molecule has 0 amide bonds. The standard InChI is InChI=1S/C11H11N5O2S/c1-17-8-3-6(7(12)4-9(8)18-2)10-15-16-5-13-14-11(16)19-10/h3-5H,12H2,1-2H3. The molecule has 0 fully saturated rings. The minimum absolute atomic E-state index is 0.572. The van der Waals surface area contributed by atoms with Crippen LogP contribution in [0.15, 0.2) is 18.5 Å². The number of anilines is 1. The SMILES string of the molecule is COc1cc(N)c(-c2nn3cnnc3s2)cc1OC. The fourth-order valence-corrected chi connectivity index (χ4v) is 2.61. The van der Waals surface area contributed by atoms with Crippen LogP contribution >= 0.6 is 11.3 Å². The zero-order valence-corrected chi connectivity index (χ0v) is 11.1. The first-order valence-corrected chi connectivity index (χ1v) is 6.23. The molecule has 8 heteroatoms. The maximum absolute atomic E-state index is 6.03. The van der Waals surface area contributed by atoms with E-state index in [1.54, 1.807) is 37.2 Å². The van der Waals surface area contributed by atoms with Gasteiger partial charge in [0.05, 0.1) is 14.2 Å². The molecule has 2 aromatic heterocycles. The number of hydrogen-bond donors (Lipinski definition) is 1. The third kappa shape index (κ3) is 1.85. The van der Waals surface area contributed by atoms with Crippen molar-refractivity contribution >= 4 is 22.0 Å². The molecule has 0 atom stereocenters. The van der Waals surface area contributed by atoms with Crippen LogP contribution in [0.25, 0.3) is 15.5 Å². The van der Waals surface area contributed by atoms with E-state index >= 15 is 0 Å². The average Bonchev–Trinajstić information content (AvgIpc) is 2.99. The fraction of sp³-hybridized carbons (Fsp3) is 0.182. The van der Waals surface area contributed by atoms with Crippen molar-refractivity contribution < 1.29 is 9.47 Å². The summed E-state index contributed by atoms with van der Waals surface area (Å²) in [5.41, 5.74) is 7.39. The minimum atomic E-state index is 0.572. The highest BCUT2D eigenvalue weighted by Crippen LogP contribution is 2.38. The van der Waals surface area contributed by atoms with Gasteiger partial charge in [-0.25, -0.2) is 0 Å². The van der Waals surface area contributed by atoms with E-state index in [0.717, 1.165) is 10.6 Å². The molecule has 0 aliphatic carbocycles. The van der Waals surface area contributed by atoms with Crippen LogP contribution in [0.4, 0.5) is 5.69 Å². The number of methoxy groups -OCH3 is 2. The molecule has 1 aromatic carbocycles. The second-order valence-electron chi connectivity index (χ2n) is 3.76. The molecule has 0 radical (unpaired) electrons. The van der Waals surface area contributed by atoms with Crippen molar-refractivity contribution in [2.24, 2.45) is 0 Å². The third-order valence-corrected chi connectivity index (χ3v) is 3.62. The van der Waals surface area contributed by atoms with Crippen molar-refractivity contribution in [2.45, 2.75) is 0 Å². The summed E-state index contributed by atoms with van der Waals surface area (Å²) >= 11 is 1.41. The van der Waals surface area contributed by atoms with Gasteiger partial charge in [0.15, 0.2) is 11.5 Å². The molecule has 7 nitrogen and oxygen atoms in total. The highest BCUT2D eigenvalue weighted by Gasteiger charge is 2.15. The van der Waals surface area contributed by atoms with Gasteiger partial charge in [-0.05, 0) is 6.07 Å². The Labute approximate surface area is 112 Å². The second-order valence-corrected chi connectivity index (χ2v) is 4.72. The number of nitrogen functional groups attached to an aromatic ring is 1. The smallest absolute Gasteiger partial charge is 0.234 e. The van der Waals surface area contributed by atoms with Gasteiger partial charge >= 0.3 is 0 Å². The Bertz CT molecular complexity index is 707. The quantitative estimate of drug-likeness (QED) is 0.729. The van der Waals surface area contributed by atoms with E-state index in [9.17, 15) is 0 Å². The van der Waals surface area contributed by atoms with Crippen LogP contribution in [0.5, 0.6) is 11.5 Å². The van der Waals surface area contributed by atoms with Crippen molar-refractivity contribution in [1.82, 2.24) is 19.8 Å². The number of aromatic nitrogens is 4. The topological polar surface area (TPSA) is 87.6 Å². The summed E-state index contributed by atoms with van der Waals surface area (Å²) in [6.07, 6.45) is 1.55. The van der Waals surface area contributed by atoms with E-state index in [1.807, 2.05) is 0 Å². The van der Waals surface area contributed by atoms with Crippen LogP contribution in [0.1, 0.15) is 0 Å². The molecule has 0 unspecified atom stereocenters. The van der Waals surface area contributed by atoms with Crippen LogP contribution in [0.2, 0.25) is 0 Å². The van der Waals surface area contributed by atoms with Gasteiger partial charge in [-0.1, -0.05) is 11.3 Å². The first-order valence-electron chi connectivity index (χ1n) is 5.41. The maximum Gasteiger partial charge on any atom is 0.234 e. The number of benzene rings is 1. The monoisotopic (exact) mass is 277 g/mol. The molecule has 3 aromatic rings. The van der Waals surface area contributed by atoms with Crippen molar-refractivity contribution in [3.8, 4) is 22.1 Å². The molecule has 19 heavy (non-hydrogen) atoms. The number of nitrogens with two attached hydrogens (primary N) is 1. The number of hydrogen-bond acceptors (Lipinski definition) is 7. The van der Waals surface area contributed by atoms with Crippen LogP contribution in [0.3, 0.4) is 0 Å². The summed E-state index contributed by atoms with van der Waals surface area (Å²) in [7, 11) is 3.15. The van der Waals surface area contributed by atoms with Crippen molar-refractivity contribution in [1.29, 1.82) is 0 Å². The molecule has 0 aliphatic heterocycles. The number of ether oxygens (including phenoxy) is 2. The lowest BCUT2D eigenvalue weighted by Crippen LogP contribution is -1.96. The molecule has 98 valence electrons. The number of rotatable bonds is 3. The molecule has 0 bridgehead atoms. The molecule has 2 N–H and O–H groups in total. The molecule has 3 rings (SSSR count). The number of fused-ring (bicyclic) bond motifs is 1. The predicted molar refractivity (Wildman–Crippen MR) is 71.6 cm³/mol. The van der Waals surface area contributed by atoms with Crippen LogP contribution in [-0.2, 0) is 0 Å². The normalized spacial score (nSPS) is 10.8. The van der Waals surface area contributed by atoms with Gasteiger partial charge in [0.25, 0.3) is 0 Å². The van der Waals surface area contributed by atoms with E-state index in [4.69, 9.17) is 15.2 Å². The van der Waals surface area contributed by atoms with E-state index in [-0.39, 0.29) is 0 Å². The van der Waals surface area contributed by atoms with Gasteiger partial charge in [-0.3, -0.25) is 0 Å². The summed E-state index contributed by atoms with van der Waals surface area (Å²) in [5.74, 6) is 1.20. The van der Waals surface area contributed by atoms with Crippen molar-refractivity contribution in [3.05, 3.63) is 18.5 Å². The largest absolute Gasteiger partial charge is 0.493 e. The lowest BCUT2D eigenvalue weighted by molar-refractivity contribution is 0.355. The highest BCUT2D eigenvalue weighted by molar-refractivity contribution is 7.19. The zero-order valence-electron chi connectivity index (χ0n) is 10.3. The average molecular weight is 277 g/mol. The zero-order chi connectivity index (χ0) is 13.4. The van der Waals surface area contributed by atoms with Crippen LogP contribution in [-0.4, -0.2) is 34.0 Å². The molecular formula is C11H11N5O2S. The van der Waals surface area contributed by atoms with Crippen molar-refractivity contribution in [3.63, 3.8) is 0 Å². The summed E-state index contributed by atoms with van der Waals surface area (Å²) in [6, 6.07) is 3.52. The predicted octanol–water partition coefficient (Wildman–Crippen LogP) is 1.45. The molecule has 0 saturated carbocycles. The van der Waals surface area contributed by atoms with Gasteiger partial charge in [0, 0.05) is 17.3 Å². The second kappa shape index (κ2) is 4.39. The van der Waals surface area contributed by atoms with Gasteiger partial charge in [-0.15, -0.1) is 10.2 Å². The minimum Gasteiger partial charge on any atom is -0.493 e. The molecule has 0 spiro atoms. The Balaban J connectivity index is 2.16. The van der Waals surface area contributed by atoms with Gasteiger partial charge < -0.3 is 15.2 Å². The molecule has 0 aliphatic rings.